The van der Waals surface area contributed by atoms with E-state index in [4.69, 9.17) is 4.74 Å². The molecule has 0 heterocycles. The van der Waals surface area contributed by atoms with E-state index in [2.05, 4.69) is 5.32 Å². The summed E-state index contributed by atoms with van der Waals surface area (Å²) in [6.07, 6.45) is 5.71. The number of ether oxygens (including phenoxy) is 1. The Hall–Kier alpha value is -2.02. The van der Waals surface area contributed by atoms with Crippen LogP contribution in [0.1, 0.15) is 43.2 Å². The van der Waals surface area contributed by atoms with Crippen LogP contribution >= 0.6 is 11.8 Å². The van der Waals surface area contributed by atoms with Crippen molar-refractivity contribution in [1.82, 2.24) is 4.90 Å². The highest BCUT2D eigenvalue weighted by Gasteiger charge is 2.22. The Balaban J connectivity index is 1.64. The van der Waals surface area contributed by atoms with E-state index in [9.17, 15) is 14.4 Å². The minimum atomic E-state index is -0.491. The minimum Gasteiger partial charge on any atom is -0.455 e. The van der Waals surface area contributed by atoms with Crippen LogP contribution in [0.5, 0.6) is 0 Å². The number of rotatable bonds is 8. The minimum absolute atomic E-state index is 0.0392. The molecule has 154 valence electrons. The summed E-state index contributed by atoms with van der Waals surface area (Å²) in [5, 5.41) is 2.75. The average Bonchev–Trinajstić information content (AvgIpc) is 2.70. The first kappa shape index (κ1) is 22.3. The molecule has 1 fully saturated rings. The standard InChI is InChI=1S/C21H30N2O4S/c1-15-8-7-11-18(16(15)2)22-19(24)12-27-21(26)14-28-13-20(25)23(3)17-9-5-4-6-10-17/h7-8,11,17H,4-6,9-10,12-14H2,1-3H3,(H,22,24). The smallest absolute Gasteiger partial charge is 0.316 e. The van der Waals surface area contributed by atoms with Crippen LogP contribution in [0, 0.1) is 13.8 Å². The SMILES string of the molecule is Cc1cccc(NC(=O)COC(=O)CSCC(=O)N(C)C2CCCCC2)c1C. The lowest BCUT2D eigenvalue weighted by Crippen LogP contribution is -2.39. The van der Waals surface area contributed by atoms with E-state index in [1.807, 2.05) is 44.0 Å². The van der Waals surface area contributed by atoms with Gasteiger partial charge in [-0.25, -0.2) is 0 Å². The molecule has 1 aromatic carbocycles. The van der Waals surface area contributed by atoms with Crippen molar-refractivity contribution in [2.75, 3.05) is 30.5 Å². The van der Waals surface area contributed by atoms with Gasteiger partial charge in [0.1, 0.15) is 0 Å². The molecule has 0 spiro atoms. The number of hydrogen-bond acceptors (Lipinski definition) is 5. The van der Waals surface area contributed by atoms with Crippen LogP contribution in [-0.2, 0) is 19.1 Å². The van der Waals surface area contributed by atoms with E-state index in [1.165, 1.54) is 31.0 Å². The van der Waals surface area contributed by atoms with Crippen LogP contribution < -0.4 is 5.32 Å². The Morgan fingerprint density at radius 1 is 1.14 bits per heavy atom. The van der Waals surface area contributed by atoms with Crippen molar-refractivity contribution in [3.8, 4) is 0 Å². The third-order valence-corrected chi connectivity index (χ3v) is 6.10. The average molecular weight is 407 g/mol. The van der Waals surface area contributed by atoms with Crippen molar-refractivity contribution in [3.63, 3.8) is 0 Å². The number of anilines is 1. The second-order valence-electron chi connectivity index (χ2n) is 7.25. The normalized spacial score (nSPS) is 14.4. The molecule has 28 heavy (non-hydrogen) atoms. The lowest BCUT2D eigenvalue weighted by molar-refractivity contribution is -0.144. The Morgan fingerprint density at radius 3 is 2.57 bits per heavy atom. The molecule has 0 aliphatic heterocycles. The molecule has 0 aromatic heterocycles. The van der Waals surface area contributed by atoms with Crippen LogP contribution in [0.25, 0.3) is 0 Å². The Labute approximate surface area is 171 Å². The lowest BCUT2D eigenvalue weighted by atomic mass is 9.94. The van der Waals surface area contributed by atoms with Crippen LogP contribution in [0.3, 0.4) is 0 Å². The van der Waals surface area contributed by atoms with Crippen LogP contribution in [0.15, 0.2) is 18.2 Å². The fraction of sp³-hybridized carbons (Fsp3) is 0.571. The van der Waals surface area contributed by atoms with Gasteiger partial charge in [0, 0.05) is 18.8 Å². The van der Waals surface area contributed by atoms with Gasteiger partial charge in [-0.2, -0.15) is 0 Å². The monoisotopic (exact) mass is 406 g/mol. The molecule has 1 N–H and O–H groups in total. The zero-order valence-electron chi connectivity index (χ0n) is 17.0. The molecule has 7 heteroatoms. The quantitative estimate of drug-likeness (QED) is 0.671. The Morgan fingerprint density at radius 2 is 1.86 bits per heavy atom. The molecular weight excluding hydrogens is 376 g/mol. The number of benzene rings is 1. The summed E-state index contributed by atoms with van der Waals surface area (Å²) in [6, 6.07) is 5.96. The van der Waals surface area contributed by atoms with Crippen molar-refractivity contribution in [1.29, 1.82) is 0 Å². The van der Waals surface area contributed by atoms with Crippen molar-refractivity contribution in [2.24, 2.45) is 0 Å². The third kappa shape index (κ3) is 6.86. The highest BCUT2D eigenvalue weighted by atomic mass is 32.2. The molecule has 2 amide bonds. The van der Waals surface area contributed by atoms with Gasteiger partial charge in [-0.05, 0) is 43.9 Å². The van der Waals surface area contributed by atoms with Gasteiger partial charge in [-0.3, -0.25) is 14.4 Å². The molecule has 6 nitrogen and oxygen atoms in total. The molecular formula is C21H30N2O4S. The second-order valence-corrected chi connectivity index (χ2v) is 8.23. The van der Waals surface area contributed by atoms with Gasteiger partial charge in [0.25, 0.3) is 5.91 Å². The summed E-state index contributed by atoms with van der Waals surface area (Å²) in [5.41, 5.74) is 2.78. The van der Waals surface area contributed by atoms with Crippen molar-refractivity contribution < 1.29 is 19.1 Å². The molecule has 0 saturated heterocycles. The third-order valence-electron chi connectivity index (χ3n) is 5.20. The van der Waals surface area contributed by atoms with Gasteiger partial charge < -0.3 is 15.0 Å². The fourth-order valence-corrected chi connectivity index (χ4v) is 3.99. The van der Waals surface area contributed by atoms with Gasteiger partial charge in [0.15, 0.2) is 6.61 Å². The van der Waals surface area contributed by atoms with Crippen molar-refractivity contribution in [2.45, 2.75) is 52.0 Å². The van der Waals surface area contributed by atoms with E-state index < -0.39 is 5.97 Å². The maximum absolute atomic E-state index is 12.2. The lowest BCUT2D eigenvalue weighted by Gasteiger charge is -2.31. The molecule has 2 rings (SSSR count). The van der Waals surface area contributed by atoms with Gasteiger partial charge >= 0.3 is 5.97 Å². The zero-order valence-corrected chi connectivity index (χ0v) is 17.8. The molecule has 0 atom stereocenters. The number of hydrogen-bond donors (Lipinski definition) is 1. The number of carbonyl (C=O) groups is 3. The summed E-state index contributed by atoms with van der Waals surface area (Å²) in [5.74, 6) is -0.524. The first-order chi connectivity index (χ1) is 13.4. The van der Waals surface area contributed by atoms with Gasteiger partial charge in [0.2, 0.25) is 5.91 Å². The van der Waals surface area contributed by atoms with Crippen LogP contribution in [0.4, 0.5) is 5.69 Å². The maximum Gasteiger partial charge on any atom is 0.316 e. The van der Waals surface area contributed by atoms with E-state index in [-0.39, 0.29) is 29.9 Å². The predicted octanol–water partition coefficient (Wildman–Crippen LogP) is 3.31. The zero-order chi connectivity index (χ0) is 20.5. The number of carbonyl (C=O) groups excluding carboxylic acids is 3. The number of amides is 2. The highest BCUT2D eigenvalue weighted by molar-refractivity contribution is 8.00. The van der Waals surface area contributed by atoms with Crippen molar-refractivity contribution in [3.05, 3.63) is 29.3 Å². The van der Waals surface area contributed by atoms with Crippen molar-refractivity contribution >= 4 is 35.2 Å². The fourth-order valence-electron chi connectivity index (χ4n) is 3.26. The molecule has 0 bridgehead atoms. The highest BCUT2D eigenvalue weighted by Crippen LogP contribution is 2.22. The molecule has 1 aliphatic rings. The summed E-state index contributed by atoms with van der Waals surface area (Å²) >= 11 is 1.22. The number of esters is 1. The number of nitrogens with zero attached hydrogens (tertiary/aromatic N) is 1. The number of nitrogens with one attached hydrogen (secondary N) is 1. The number of aryl methyl sites for hydroxylation is 1. The van der Waals surface area contributed by atoms with E-state index in [0.717, 1.165) is 24.0 Å². The van der Waals surface area contributed by atoms with E-state index in [0.29, 0.717) is 11.7 Å². The van der Waals surface area contributed by atoms with Crippen LogP contribution in [-0.4, -0.2) is 53.9 Å². The van der Waals surface area contributed by atoms with E-state index in [1.54, 1.807) is 0 Å². The largest absolute Gasteiger partial charge is 0.455 e. The second kappa shape index (κ2) is 11.1. The molecule has 1 saturated carbocycles. The van der Waals surface area contributed by atoms with Gasteiger partial charge in [-0.15, -0.1) is 11.8 Å². The summed E-state index contributed by atoms with van der Waals surface area (Å²) in [4.78, 5) is 37.9. The first-order valence-corrected chi connectivity index (χ1v) is 10.9. The molecule has 1 aliphatic carbocycles. The van der Waals surface area contributed by atoms with E-state index >= 15 is 0 Å². The first-order valence-electron chi connectivity index (χ1n) is 9.73. The Kier molecular flexibility index (Phi) is 8.83. The van der Waals surface area contributed by atoms with Crippen LogP contribution in [0.2, 0.25) is 0 Å². The topological polar surface area (TPSA) is 75.7 Å². The molecule has 1 aromatic rings. The summed E-state index contributed by atoms with van der Waals surface area (Å²) in [6.45, 7) is 3.56. The molecule has 0 radical (unpaired) electrons. The van der Waals surface area contributed by atoms with Gasteiger partial charge in [0.05, 0.1) is 11.5 Å². The Bertz CT molecular complexity index is 702. The predicted molar refractivity (Wildman–Crippen MR) is 112 cm³/mol. The number of thioether (sulfide) groups is 1. The summed E-state index contributed by atoms with van der Waals surface area (Å²) < 4.78 is 5.01. The van der Waals surface area contributed by atoms with Gasteiger partial charge in [-0.1, -0.05) is 31.4 Å². The molecule has 0 unspecified atom stereocenters. The summed E-state index contributed by atoms with van der Waals surface area (Å²) in [7, 11) is 1.84. The maximum atomic E-state index is 12.2.